The lowest BCUT2D eigenvalue weighted by Crippen LogP contribution is -2.07. The molecule has 6 heteroatoms. The van der Waals surface area contributed by atoms with Crippen LogP contribution in [0.2, 0.25) is 0 Å². The highest BCUT2D eigenvalue weighted by Crippen LogP contribution is 2.23. The van der Waals surface area contributed by atoms with Crippen LogP contribution in [0.4, 0.5) is 8.78 Å². The van der Waals surface area contributed by atoms with Gasteiger partial charge < -0.3 is 10.1 Å². The number of benzene rings is 1. The van der Waals surface area contributed by atoms with Crippen LogP contribution in [0.15, 0.2) is 30.6 Å². The number of nitrogens with one attached hydrogen (secondary N) is 1. The van der Waals surface area contributed by atoms with Gasteiger partial charge in [-0.25, -0.2) is 13.8 Å². The van der Waals surface area contributed by atoms with E-state index in [1.54, 1.807) is 13.2 Å². The summed E-state index contributed by atoms with van der Waals surface area (Å²) < 4.78 is 31.5. The van der Waals surface area contributed by atoms with Gasteiger partial charge in [-0.05, 0) is 19.2 Å². The summed E-state index contributed by atoms with van der Waals surface area (Å²) in [5.74, 6) is -1.33. The Hall–Kier alpha value is -2.08. The van der Waals surface area contributed by atoms with Crippen LogP contribution in [0.3, 0.4) is 0 Å². The largest absolute Gasteiger partial charge is 0.434 e. The summed E-state index contributed by atoms with van der Waals surface area (Å²) in [6.45, 7) is 0.510. The Morgan fingerprint density at radius 2 is 2.11 bits per heavy atom. The molecule has 0 radical (unpaired) electrons. The van der Waals surface area contributed by atoms with Crippen molar-refractivity contribution in [3.63, 3.8) is 0 Å². The SMILES string of the molecule is CNCc1cncc(Oc2cc(F)ccc2F)n1. The molecule has 1 aromatic carbocycles. The fraction of sp³-hybridized carbons (Fsp3) is 0.167. The minimum Gasteiger partial charge on any atom is -0.434 e. The number of ether oxygens (including phenoxy) is 1. The lowest BCUT2D eigenvalue weighted by Gasteiger charge is -2.06. The van der Waals surface area contributed by atoms with E-state index in [1.807, 2.05) is 0 Å². The second-order valence-corrected chi connectivity index (χ2v) is 3.56. The van der Waals surface area contributed by atoms with Crippen molar-refractivity contribution in [1.82, 2.24) is 15.3 Å². The van der Waals surface area contributed by atoms with E-state index in [9.17, 15) is 8.78 Å². The van der Waals surface area contributed by atoms with Gasteiger partial charge in [0.15, 0.2) is 11.6 Å². The van der Waals surface area contributed by atoms with Crippen LogP contribution in [-0.2, 0) is 6.54 Å². The first-order chi connectivity index (χ1) is 8.69. The Labute approximate surface area is 103 Å². The van der Waals surface area contributed by atoms with E-state index in [2.05, 4.69) is 15.3 Å². The van der Waals surface area contributed by atoms with Crippen molar-refractivity contribution in [3.8, 4) is 11.6 Å². The topological polar surface area (TPSA) is 47.0 Å². The summed E-state index contributed by atoms with van der Waals surface area (Å²) >= 11 is 0. The molecular formula is C12H11F2N3O. The Bertz CT molecular complexity index is 549. The Balaban J connectivity index is 2.22. The maximum absolute atomic E-state index is 13.4. The van der Waals surface area contributed by atoms with Crippen molar-refractivity contribution in [2.24, 2.45) is 0 Å². The summed E-state index contributed by atoms with van der Waals surface area (Å²) in [4.78, 5) is 8.00. The zero-order valence-electron chi connectivity index (χ0n) is 9.65. The van der Waals surface area contributed by atoms with Crippen LogP contribution in [-0.4, -0.2) is 17.0 Å². The third kappa shape index (κ3) is 2.98. The van der Waals surface area contributed by atoms with Crippen molar-refractivity contribution >= 4 is 0 Å². The molecule has 1 heterocycles. The first-order valence-corrected chi connectivity index (χ1v) is 5.27. The maximum atomic E-state index is 13.4. The van der Waals surface area contributed by atoms with E-state index >= 15 is 0 Å². The van der Waals surface area contributed by atoms with Crippen molar-refractivity contribution in [2.75, 3.05) is 7.05 Å². The number of nitrogens with zero attached hydrogens (tertiary/aromatic N) is 2. The van der Waals surface area contributed by atoms with E-state index in [0.717, 1.165) is 18.2 Å². The van der Waals surface area contributed by atoms with Gasteiger partial charge in [-0.2, -0.15) is 0 Å². The van der Waals surface area contributed by atoms with Gasteiger partial charge in [-0.1, -0.05) is 0 Å². The standard InChI is InChI=1S/C12H11F2N3O/c1-15-5-9-6-16-7-12(17-9)18-11-4-8(13)2-3-10(11)14/h2-4,6-7,15H,5H2,1H3. The van der Waals surface area contributed by atoms with Crippen molar-refractivity contribution in [3.05, 3.63) is 47.9 Å². The summed E-state index contributed by atoms with van der Waals surface area (Å²) in [7, 11) is 1.77. The van der Waals surface area contributed by atoms with Crippen molar-refractivity contribution in [2.45, 2.75) is 6.54 Å². The molecule has 0 saturated carbocycles. The molecule has 1 aromatic heterocycles. The normalized spacial score (nSPS) is 10.4. The Kier molecular flexibility index (Phi) is 3.78. The van der Waals surface area contributed by atoms with E-state index in [-0.39, 0.29) is 11.6 Å². The number of aromatic nitrogens is 2. The minimum atomic E-state index is -0.655. The zero-order valence-corrected chi connectivity index (χ0v) is 9.65. The fourth-order valence-electron chi connectivity index (χ4n) is 1.37. The lowest BCUT2D eigenvalue weighted by molar-refractivity contribution is 0.418. The second-order valence-electron chi connectivity index (χ2n) is 3.56. The van der Waals surface area contributed by atoms with E-state index in [4.69, 9.17) is 4.74 Å². The molecule has 18 heavy (non-hydrogen) atoms. The van der Waals surface area contributed by atoms with E-state index in [0.29, 0.717) is 12.2 Å². The average Bonchev–Trinajstić information content (AvgIpc) is 2.35. The molecule has 0 saturated heterocycles. The summed E-state index contributed by atoms with van der Waals surface area (Å²) in [5.41, 5.74) is 0.645. The molecule has 94 valence electrons. The molecule has 0 amide bonds. The molecule has 0 bridgehead atoms. The predicted octanol–water partition coefficient (Wildman–Crippen LogP) is 2.27. The third-order valence-electron chi connectivity index (χ3n) is 2.13. The Morgan fingerprint density at radius 3 is 2.89 bits per heavy atom. The second kappa shape index (κ2) is 5.50. The molecule has 4 nitrogen and oxygen atoms in total. The number of hydrogen-bond acceptors (Lipinski definition) is 4. The van der Waals surface area contributed by atoms with Crippen LogP contribution in [0.1, 0.15) is 5.69 Å². The molecular weight excluding hydrogens is 240 g/mol. The number of rotatable bonds is 4. The van der Waals surface area contributed by atoms with E-state index in [1.165, 1.54) is 6.20 Å². The maximum Gasteiger partial charge on any atom is 0.238 e. The van der Waals surface area contributed by atoms with Gasteiger partial charge >= 0.3 is 0 Å². The van der Waals surface area contributed by atoms with Crippen LogP contribution in [0.25, 0.3) is 0 Å². The van der Waals surface area contributed by atoms with E-state index < -0.39 is 11.6 Å². The smallest absolute Gasteiger partial charge is 0.238 e. The number of hydrogen-bond donors (Lipinski definition) is 1. The van der Waals surface area contributed by atoms with Gasteiger partial charge in [-0.3, -0.25) is 4.98 Å². The fourth-order valence-corrected chi connectivity index (χ4v) is 1.37. The van der Waals surface area contributed by atoms with Gasteiger partial charge in [0.05, 0.1) is 11.9 Å². The highest BCUT2D eigenvalue weighted by Gasteiger charge is 2.08. The van der Waals surface area contributed by atoms with Gasteiger partial charge in [-0.15, -0.1) is 0 Å². The highest BCUT2D eigenvalue weighted by atomic mass is 19.1. The molecule has 0 aliphatic heterocycles. The highest BCUT2D eigenvalue weighted by molar-refractivity contribution is 5.28. The van der Waals surface area contributed by atoms with Crippen LogP contribution in [0, 0.1) is 11.6 Å². The summed E-state index contributed by atoms with van der Waals surface area (Å²) in [6.07, 6.45) is 2.90. The monoisotopic (exact) mass is 251 g/mol. The van der Waals surface area contributed by atoms with Crippen molar-refractivity contribution in [1.29, 1.82) is 0 Å². The minimum absolute atomic E-state index is 0.118. The molecule has 2 aromatic rings. The zero-order chi connectivity index (χ0) is 13.0. The van der Waals surface area contributed by atoms with Crippen LogP contribution < -0.4 is 10.1 Å². The molecule has 0 aliphatic carbocycles. The molecule has 0 spiro atoms. The van der Waals surface area contributed by atoms with Gasteiger partial charge in [0.1, 0.15) is 5.82 Å². The molecule has 2 rings (SSSR count). The number of halogens is 2. The van der Waals surface area contributed by atoms with Crippen LogP contribution >= 0.6 is 0 Å². The molecule has 1 N–H and O–H groups in total. The van der Waals surface area contributed by atoms with Crippen LogP contribution in [0.5, 0.6) is 11.6 Å². The van der Waals surface area contributed by atoms with Gasteiger partial charge in [0.2, 0.25) is 5.88 Å². The first-order valence-electron chi connectivity index (χ1n) is 5.27. The molecule has 0 aliphatic rings. The molecule has 0 atom stereocenters. The average molecular weight is 251 g/mol. The van der Waals surface area contributed by atoms with Gasteiger partial charge in [0, 0.05) is 18.8 Å². The molecule has 0 fully saturated rings. The Morgan fingerprint density at radius 1 is 1.28 bits per heavy atom. The molecule has 0 unspecified atom stereocenters. The lowest BCUT2D eigenvalue weighted by atomic mass is 10.3. The first kappa shape index (κ1) is 12.4. The third-order valence-corrected chi connectivity index (χ3v) is 2.13. The summed E-state index contributed by atoms with van der Waals surface area (Å²) in [5, 5.41) is 2.90. The van der Waals surface area contributed by atoms with Crippen molar-refractivity contribution < 1.29 is 13.5 Å². The predicted molar refractivity (Wildman–Crippen MR) is 61.2 cm³/mol. The van der Waals surface area contributed by atoms with Gasteiger partial charge in [0.25, 0.3) is 0 Å². The summed E-state index contributed by atoms with van der Waals surface area (Å²) in [6, 6.07) is 2.97. The quantitative estimate of drug-likeness (QED) is 0.905.